The summed E-state index contributed by atoms with van der Waals surface area (Å²) < 4.78 is 5.06. The van der Waals surface area contributed by atoms with Gasteiger partial charge in [0, 0.05) is 37.7 Å². The molecule has 4 heteroatoms. The Morgan fingerprint density at radius 2 is 1.80 bits per heavy atom. The van der Waals surface area contributed by atoms with Crippen molar-refractivity contribution in [3.05, 3.63) is 29.8 Å². The summed E-state index contributed by atoms with van der Waals surface area (Å²) in [6.45, 7) is 7.15. The molecule has 1 heterocycles. The van der Waals surface area contributed by atoms with Gasteiger partial charge < -0.3 is 15.0 Å². The quantitative estimate of drug-likeness (QED) is 0.789. The van der Waals surface area contributed by atoms with Crippen LogP contribution in [-0.2, 0) is 4.79 Å². The van der Waals surface area contributed by atoms with E-state index < -0.39 is 0 Å². The molecule has 0 spiro atoms. The van der Waals surface area contributed by atoms with E-state index in [4.69, 9.17) is 4.74 Å². The van der Waals surface area contributed by atoms with Crippen molar-refractivity contribution in [1.82, 2.24) is 10.2 Å². The van der Waals surface area contributed by atoms with E-state index in [0.29, 0.717) is 0 Å². The standard InChI is InChI=1S/C14H16N2O2.C2H6/c1-18-13-5-2-12(3-6-13)4-7-14(17)16-10-8-15-9-11-16;1-2/h2-3,5-6,15H,8-11H2,1H3;1-2H3. The number of piperazine rings is 1. The molecular weight excluding hydrogens is 252 g/mol. The Bertz CT molecular complexity index is 465. The predicted octanol–water partition coefficient (Wildman–Crippen LogP) is 1.50. The maximum atomic E-state index is 11.8. The summed E-state index contributed by atoms with van der Waals surface area (Å²) >= 11 is 0. The molecule has 2 rings (SSSR count). The number of nitrogens with zero attached hydrogens (tertiary/aromatic N) is 1. The number of hydrogen-bond donors (Lipinski definition) is 1. The molecule has 0 radical (unpaired) electrons. The van der Waals surface area contributed by atoms with Crippen molar-refractivity contribution >= 4 is 5.91 Å². The second kappa shape index (κ2) is 9.00. The Kier molecular flexibility index (Phi) is 7.23. The first-order valence-electron chi connectivity index (χ1n) is 6.95. The number of carbonyl (C=O) groups is 1. The zero-order valence-corrected chi connectivity index (χ0v) is 12.4. The Hall–Kier alpha value is -1.99. The van der Waals surface area contributed by atoms with Gasteiger partial charge in [0.25, 0.3) is 5.91 Å². The summed E-state index contributed by atoms with van der Waals surface area (Å²) in [5.74, 6) is 6.23. The minimum Gasteiger partial charge on any atom is -0.497 e. The van der Waals surface area contributed by atoms with E-state index in [0.717, 1.165) is 37.5 Å². The molecule has 0 atom stereocenters. The number of ether oxygens (including phenoxy) is 1. The lowest BCUT2D eigenvalue weighted by Gasteiger charge is -2.25. The molecule has 1 aromatic carbocycles. The van der Waals surface area contributed by atoms with Crippen molar-refractivity contribution in [2.75, 3.05) is 33.3 Å². The predicted molar refractivity (Wildman–Crippen MR) is 80.7 cm³/mol. The van der Waals surface area contributed by atoms with Crippen LogP contribution < -0.4 is 10.1 Å². The molecule has 1 N–H and O–H groups in total. The molecule has 20 heavy (non-hydrogen) atoms. The maximum Gasteiger partial charge on any atom is 0.298 e. The second-order valence-electron chi connectivity index (χ2n) is 4.02. The number of hydrogen-bond acceptors (Lipinski definition) is 3. The van der Waals surface area contributed by atoms with Gasteiger partial charge >= 0.3 is 0 Å². The third-order valence-corrected chi connectivity index (χ3v) is 2.81. The molecule has 1 fully saturated rings. The Labute approximate surface area is 121 Å². The van der Waals surface area contributed by atoms with Gasteiger partial charge in [0.05, 0.1) is 7.11 Å². The molecule has 1 amide bonds. The van der Waals surface area contributed by atoms with Crippen LogP contribution in [0.3, 0.4) is 0 Å². The van der Waals surface area contributed by atoms with E-state index in [9.17, 15) is 4.79 Å². The number of nitrogens with one attached hydrogen (secondary N) is 1. The lowest BCUT2D eigenvalue weighted by atomic mass is 10.2. The molecule has 1 aliphatic heterocycles. The highest BCUT2D eigenvalue weighted by atomic mass is 16.5. The van der Waals surface area contributed by atoms with E-state index >= 15 is 0 Å². The molecule has 1 aliphatic rings. The van der Waals surface area contributed by atoms with E-state index in [-0.39, 0.29) is 5.91 Å². The van der Waals surface area contributed by atoms with Crippen molar-refractivity contribution in [2.45, 2.75) is 13.8 Å². The maximum absolute atomic E-state index is 11.8. The smallest absolute Gasteiger partial charge is 0.298 e. The van der Waals surface area contributed by atoms with Gasteiger partial charge in [-0.1, -0.05) is 19.8 Å². The molecule has 0 aliphatic carbocycles. The summed E-state index contributed by atoms with van der Waals surface area (Å²) in [5.41, 5.74) is 0.819. The van der Waals surface area contributed by atoms with Gasteiger partial charge in [0.15, 0.2) is 0 Å². The lowest BCUT2D eigenvalue weighted by molar-refractivity contribution is -0.125. The largest absolute Gasteiger partial charge is 0.497 e. The zero-order valence-electron chi connectivity index (χ0n) is 12.4. The van der Waals surface area contributed by atoms with E-state index in [1.165, 1.54) is 0 Å². The van der Waals surface area contributed by atoms with E-state index in [1.807, 2.05) is 38.1 Å². The van der Waals surface area contributed by atoms with Gasteiger partial charge in [0.1, 0.15) is 5.75 Å². The Balaban J connectivity index is 0.000000956. The van der Waals surface area contributed by atoms with Crippen LogP contribution in [0.15, 0.2) is 24.3 Å². The van der Waals surface area contributed by atoms with Crippen LogP contribution in [0.1, 0.15) is 19.4 Å². The third kappa shape index (κ3) is 4.94. The monoisotopic (exact) mass is 274 g/mol. The number of carbonyl (C=O) groups excluding carboxylic acids is 1. The summed E-state index contributed by atoms with van der Waals surface area (Å²) in [6, 6.07) is 7.35. The minimum atomic E-state index is -0.104. The van der Waals surface area contributed by atoms with Gasteiger partial charge in [-0.3, -0.25) is 4.79 Å². The van der Waals surface area contributed by atoms with Gasteiger partial charge in [-0.25, -0.2) is 0 Å². The number of rotatable bonds is 1. The van der Waals surface area contributed by atoms with Gasteiger partial charge in [-0.15, -0.1) is 0 Å². The SMILES string of the molecule is CC.COc1ccc(C#CC(=O)N2CCNCC2)cc1. The van der Waals surface area contributed by atoms with Crippen LogP contribution in [-0.4, -0.2) is 44.1 Å². The summed E-state index contributed by atoms with van der Waals surface area (Å²) in [4.78, 5) is 13.6. The number of methoxy groups -OCH3 is 1. The van der Waals surface area contributed by atoms with Crippen LogP contribution in [0, 0.1) is 11.8 Å². The fourth-order valence-electron chi connectivity index (χ4n) is 1.75. The highest BCUT2D eigenvalue weighted by Crippen LogP contribution is 2.10. The second-order valence-corrected chi connectivity index (χ2v) is 4.02. The summed E-state index contributed by atoms with van der Waals surface area (Å²) in [7, 11) is 1.62. The minimum absolute atomic E-state index is 0.104. The molecule has 0 bridgehead atoms. The fourth-order valence-corrected chi connectivity index (χ4v) is 1.75. The van der Waals surface area contributed by atoms with Crippen LogP contribution in [0.2, 0.25) is 0 Å². The van der Waals surface area contributed by atoms with Crippen LogP contribution in [0.4, 0.5) is 0 Å². The topological polar surface area (TPSA) is 41.6 Å². The van der Waals surface area contributed by atoms with Crippen LogP contribution in [0.5, 0.6) is 5.75 Å². The average Bonchev–Trinajstić information content (AvgIpc) is 2.55. The molecule has 108 valence electrons. The third-order valence-electron chi connectivity index (χ3n) is 2.81. The Morgan fingerprint density at radius 3 is 2.35 bits per heavy atom. The molecule has 0 saturated carbocycles. The zero-order chi connectivity index (χ0) is 14.8. The highest BCUT2D eigenvalue weighted by molar-refractivity contribution is 5.94. The van der Waals surface area contributed by atoms with Crippen molar-refractivity contribution < 1.29 is 9.53 Å². The molecule has 0 unspecified atom stereocenters. The average molecular weight is 274 g/mol. The number of amides is 1. The lowest BCUT2D eigenvalue weighted by Crippen LogP contribution is -2.46. The van der Waals surface area contributed by atoms with Gasteiger partial charge in [-0.2, -0.15) is 0 Å². The van der Waals surface area contributed by atoms with Crippen LogP contribution >= 0.6 is 0 Å². The Morgan fingerprint density at radius 1 is 1.20 bits per heavy atom. The highest BCUT2D eigenvalue weighted by Gasteiger charge is 2.13. The molecule has 4 nitrogen and oxygen atoms in total. The van der Waals surface area contributed by atoms with Crippen LogP contribution in [0.25, 0.3) is 0 Å². The van der Waals surface area contributed by atoms with E-state index in [1.54, 1.807) is 12.0 Å². The van der Waals surface area contributed by atoms with Crippen molar-refractivity contribution in [3.63, 3.8) is 0 Å². The fraction of sp³-hybridized carbons (Fsp3) is 0.438. The summed E-state index contributed by atoms with van der Waals surface area (Å²) in [5, 5.41) is 3.20. The summed E-state index contributed by atoms with van der Waals surface area (Å²) in [6.07, 6.45) is 0. The van der Waals surface area contributed by atoms with Crippen molar-refractivity contribution in [2.24, 2.45) is 0 Å². The first kappa shape index (κ1) is 16.1. The normalized spacial score (nSPS) is 13.4. The van der Waals surface area contributed by atoms with Crippen molar-refractivity contribution in [3.8, 4) is 17.6 Å². The van der Waals surface area contributed by atoms with Gasteiger partial charge in [0.2, 0.25) is 0 Å². The van der Waals surface area contributed by atoms with Crippen molar-refractivity contribution in [1.29, 1.82) is 0 Å². The molecule has 0 aromatic heterocycles. The molecule has 1 aromatic rings. The van der Waals surface area contributed by atoms with Gasteiger partial charge in [-0.05, 0) is 24.3 Å². The molecular formula is C16H22N2O2. The van der Waals surface area contributed by atoms with E-state index in [2.05, 4.69) is 17.2 Å². The molecule has 1 saturated heterocycles. The first-order chi connectivity index (χ1) is 9.79. The first-order valence-corrected chi connectivity index (χ1v) is 6.95. The number of benzene rings is 1.